The molecule has 0 N–H and O–H groups in total. The number of imide groups is 1. The van der Waals surface area contributed by atoms with E-state index in [1.165, 1.54) is 19.2 Å². The summed E-state index contributed by atoms with van der Waals surface area (Å²) in [6, 6.07) is 5.33. The van der Waals surface area contributed by atoms with Crippen molar-refractivity contribution in [2.75, 3.05) is 12.1 Å². The van der Waals surface area contributed by atoms with Gasteiger partial charge in [-0.1, -0.05) is 46.0 Å². The fraction of sp³-hybridized carbons (Fsp3) is 0.222. The first-order valence-electron chi connectivity index (χ1n) is 8.54. The number of carbonyl (C=O) groups excluding carboxylic acids is 2. The van der Waals surface area contributed by atoms with Gasteiger partial charge < -0.3 is 4.84 Å². The van der Waals surface area contributed by atoms with E-state index in [-0.39, 0.29) is 27.1 Å². The quantitative estimate of drug-likeness (QED) is 0.599. The molecule has 2 unspecified atom stereocenters. The van der Waals surface area contributed by atoms with Gasteiger partial charge in [0.2, 0.25) is 6.10 Å². The van der Waals surface area contributed by atoms with Gasteiger partial charge >= 0.3 is 6.18 Å². The smallest absolute Gasteiger partial charge is 0.381 e. The SMILES string of the molecule is CN(c1ncc(C(F)(F)F)cc1Cl)N1C(=O)C2ON=C(c3c(Cl)cccc3Cl)C2C1=O. The first-order chi connectivity index (χ1) is 14.5. The summed E-state index contributed by atoms with van der Waals surface area (Å²) in [6.07, 6.45) is -5.39. The van der Waals surface area contributed by atoms with Gasteiger partial charge in [-0.15, -0.1) is 0 Å². The largest absolute Gasteiger partial charge is 0.417 e. The Hall–Kier alpha value is -2.56. The van der Waals surface area contributed by atoms with E-state index in [1.807, 2.05) is 0 Å². The fourth-order valence-corrected chi connectivity index (χ4v) is 4.21. The maximum Gasteiger partial charge on any atom is 0.417 e. The predicted molar refractivity (Wildman–Crippen MR) is 106 cm³/mol. The van der Waals surface area contributed by atoms with Gasteiger partial charge in [0.15, 0.2) is 5.82 Å². The predicted octanol–water partition coefficient (Wildman–Crippen LogP) is 4.20. The number of nitrogens with zero attached hydrogens (tertiary/aromatic N) is 4. The van der Waals surface area contributed by atoms with E-state index in [0.29, 0.717) is 17.3 Å². The Bertz CT molecular complexity index is 1120. The number of carbonyl (C=O) groups is 2. The lowest BCUT2D eigenvalue weighted by molar-refractivity contribution is -0.143. The number of anilines is 1. The molecular weight excluding hydrogens is 484 g/mol. The molecule has 31 heavy (non-hydrogen) atoms. The molecule has 2 atom stereocenters. The molecule has 0 spiro atoms. The molecule has 2 amide bonds. The summed E-state index contributed by atoms with van der Waals surface area (Å²) in [7, 11) is 1.26. The van der Waals surface area contributed by atoms with Gasteiger partial charge in [-0.2, -0.15) is 18.2 Å². The highest BCUT2D eigenvalue weighted by atomic mass is 35.5. The number of oxime groups is 1. The van der Waals surface area contributed by atoms with Crippen LogP contribution in [0.3, 0.4) is 0 Å². The molecule has 4 rings (SSSR count). The van der Waals surface area contributed by atoms with Gasteiger partial charge in [-0.05, 0) is 18.2 Å². The van der Waals surface area contributed by atoms with Crippen LogP contribution in [-0.2, 0) is 20.6 Å². The van der Waals surface area contributed by atoms with Crippen molar-refractivity contribution >= 4 is 58.1 Å². The van der Waals surface area contributed by atoms with Gasteiger partial charge in [-0.25, -0.2) is 4.98 Å². The number of aromatic nitrogens is 1. The van der Waals surface area contributed by atoms with E-state index in [2.05, 4.69) is 10.1 Å². The number of pyridine rings is 1. The van der Waals surface area contributed by atoms with Crippen molar-refractivity contribution in [3.05, 3.63) is 56.7 Å². The second-order valence-electron chi connectivity index (χ2n) is 6.62. The Morgan fingerprint density at radius 3 is 2.32 bits per heavy atom. The van der Waals surface area contributed by atoms with Crippen LogP contribution in [0.2, 0.25) is 15.1 Å². The lowest BCUT2D eigenvalue weighted by Crippen LogP contribution is -2.46. The van der Waals surface area contributed by atoms with E-state index < -0.39 is 40.6 Å². The van der Waals surface area contributed by atoms with Crippen molar-refractivity contribution < 1.29 is 27.6 Å². The van der Waals surface area contributed by atoms with Crippen molar-refractivity contribution in [1.29, 1.82) is 0 Å². The Kier molecular flexibility index (Phi) is 5.27. The van der Waals surface area contributed by atoms with Crippen molar-refractivity contribution in [2.24, 2.45) is 11.1 Å². The zero-order valence-corrected chi connectivity index (χ0v) is 17.6. The molecule has 162 valence electrons. The molecule has 1 aromatic carbocycles. The second kappa shape index (κ2) is 7.54. The van der Waals surface area contributed by atoms with Crippen LogP contribution < -0.4 is 5.01 Å². The minimum absolute atomic E-state index is 0.0707. The van der Waals surface area contributed by atoms with Crippen LogP contribution in [0.4, 0.5) is 19.0 Å². The Morgan fingerprint density at radius 1 is 1.10 bits per heavy atom. The minimum atomic E-state index is -4.66. The van der Waals surface area contributed by atoms with E-state index >= 15 is 0 Å². The number of alkyl halides is 3. The number of halogens is 6. The average molecular weight is 494 g/mol. The maximum absolute atomic E-state index is 13.1. The summed E-state index contributed by atoms with van der Waals surface area (Å²) in [5.74, 6) is -2.93. The summed E-state index contributed by atoms with van der Waals surface area (Å²) < 4.78 is 38.6. The van der Waals surface area contributed by atoms with Crippen LogP contribution in [0.15, 0.2) is 35.6 Å². The summed E-state index contributed by atoms with van der Waals surface area (Å²) in [5, 5.41) is 5.48. The van der Waals surface area contributed by atoms with Crippen LogP contribution in [0, 0.1) is 5.92 Å². The molecule has 0 bridgehead atoms. The monoisotopic (exact) mass is 492 g/mol. The maximum atomic E-state index is 13.1. The zero-order chi connectivity index (χ0) is 22.7. The first kappa shape index (κ1) is 21.7. The van der Waals surface area contributed by atoms with Crippen LogP contribution in [0.1, 0.15) is 11.1 Å². The molecular formula is C18H10Cl3F3N4O3. The van der Waals surface area contributed by atoms with E-state index in [4.69, 9.17) is 39.6 Å². The lowest BCUT2D eigenvalue weighted by atomic mass is 9.94. The van der Waals surface area contributed by atoms with Gasteiger partial charge in [0.1, 0.15) is 11.6 Å². The van der Waals surface area contributed by atoms with Crippen molar-refractivity contribution in [3.8, 4) is 0 Å². The van der Waals surface area contributed by atoms with Crippen LogP contribution in [0.25, 0.3) is 0 Å². The molecule has 7 nitrogen and oxygen atoms in total. The molecule has 0 saturated carbocycles. The van der Waals surface area contributed by atoms with Crippen LogP contribution in [-0.4, -0.2) is 40.7 Å². The topological polar surface area (TPSA) is 75.1 Å². The molecule has 2 aliphatic rings. The number of hydrogen-bond donors (Lipinski definition) is 0. The van der Waals surface area contributed by atoms with Gasteiger partial charge in [0.05, 0.1) is 20.6 Å². The first-order valence-corrected chi connectivity index (χ1v) is 9.68. The molecule has 0 radical (unpaired) electrons. The molecule has 2 aromatic rings. The van der Waals surface area contributed by atoms with Crippen molar-refractivity contribution in [3.63, 3.8) is 0 Å². The molecule has 0 aliphatic carbocycles. The zero-order valence-electron chi connectivity index (χ0n) is 15.3. The van der Waals surface area contributed by atoms with Gasteiger partial charge in [-0.3, -0.25) is 14.6 Å². The third kappa shape index (κ3) is 3.48. The minimum Gasteiger partial charge on any atom is -0.381 e. The summed E-state index contributed by atoms with van der Waals surface area (Å²) in [5.41, 5.74) is -0.757. The summed E-state index contributed by atoms with van der Waals surface area (Å²) in [6.45, 7) is 0. The summed E-state index contributed by atoms with van der Waals surface area (Å²) >= 11 is 18.3. The third-order valence-corrected chi connectivity index (χ3v) is 5.67. The molecule has 1 aromatic heterocycles. The Balaban J connectivity index is 1.68. The third-order valence-electron chi connectivity index (χ3n) is 4.76. The average Bonchev–Trinajstić information content (AvgIpc) is 3.21. The second-order valence-corrected chi connectivity index (χ2v) is 7.84. The normalized spacial score (nSPS) is 20.6. The summed E-state index contributed by atoms with van der Waals surface area (Å²) in [4.78, 5) is 34.8. The Morgan fingerprint density at radius 2 is 1.74 bits per heavy atom. The molecule has 2 aliphatic heterocycles. The highest BCUT2D eigenvalue weighted by molar-refractivity contribution is 6.42. The number of benzene rings is 1. The number of hydrogen-bond acceptors (Lipinski definition) is 6. The van der Waals surface area contributed by atoms with Crippen LogP contribution in [0.5, 0.6) is 0 Å². The Labute approximate surface area is 187 Å². The number of rotatable bonds is 3. The molecule has 1 fully saturated rings. The van der Waals surface area contributed by atoms with Crippen molar-refractivity contribution in [2.45, 2.75) is 12.3 Å². The van der Waals surface area contributed by atoms with Crippen LogP contribution >= 0.6 is 34.8 Å². The lowest BCUT2D eigenvalue weighted by Gasteiger charge is -2.28. The fourth-order valence-electron chi connectivity index (χ4n) is 3.33. The molecule has 3 heterocycles. The number of amides is 2. The standard InChI is InChI=1S/C18H10Cl3F3N4O3/c1-27(15-10(21)5-7(6-25-15)18(22,23)24)28-16(29)12-13(26-31-14(12)17(28)30)11-8(19)3-2-4-9(11)20/h2-6,12,14H,1H3. The van der Waals surface area contributed by atoms with E-state index in [1.54, 1.807) is 6.07 Å². The van der Waals surface area contributed by atoms with Crippen molar-refractivity contribution in [1.82, 2.24) is 9.99 Å². The van der Waals surface area contributed by atoms with E-state index in [9.17, 15) is 22.8 Å². The number of hydrazine groups is 1. The molecule has 13 heteroatoms. The van der Waals surface area contributed by atoms with Gasteiger partial charge in [0, 0.05) is 18.8 Å². The highest BCUT2D eigenvalue weighted by Crippen LogP contribution is 2.39. The van der Waals surface area contributed by atoms with Gasteiger partial charge in [0.25, 0.3) is 11.8 Å². The van der Waals surface area contributed by atoms with E-state index in [0.717, 1.165) is 5.01 Å². The highest BCUT2D eigenvalue weighted by Gasteiger charge is 2.58. The number of fused-ring (bicyclic) bond motifs is 1. The molecule has 1 saturated heterocycles.